The first kappa shape index (κ1) is 15.3. The van der Waals surface area contributed by atoms with Crippen LogP contribution in [0.5, 0.6) is 5.75 Å². The molecule has 20 heavy (non-hydrogen) atoms. The van der Waals surface area contributed by atoms with Gasteiger partial charge in [-0.05, 0) is 31.7 Å². The molecule has 4 heteroatoms. The molecule has 0 spiro atoms. The lowest BCUT2D eigenvalue weighted by Gasteiger charge is -2.36. The van der Waals surface area contributed by atoms with E-state index in [4.69, 9.17) is 4.74 Å². The lowest BCUT2D eigenvalue weighted by atomic mass is 10.2. The van der Waals surface area contributed by atoms with E-state index in [-0.39, 0.29) is 0 Å². The van der Waals surface area contributed by atoms with Crippen LogP contribution in [0.4, 0.5) is 0 Å². The fraction of sp³-hybridized carbons (Fsp3) is 0.625. The van der Waals surface area contributed by atoms with Gasteiger partial charge in [0.05, 0.1) is 7.11 Å². The zero-order valence-corrected chi connectivity index (χ0v) is 12.9. The van der Waals surface area contributed by atoms with Crippen LogP contribution in [0.2, 0.25) is 0 Å². The highest BCUT2D eigenvalue weighted by molar-refractivity contribution is 5.26. The summed E-state index contributed by atoms with van der Waals surface area (Å²) in [7, 11) is 3.90. The van der Waals surface area contributed by atoms with E-state index in [0.29, 0.717) is 6.04 Å². The van der Waals surface area contributed by atoms with Crippen LogP contribution in [-0.4, -0.2) is 62.7 Å². The van der Waals surface area contributed by atoms with Gasteiger partial charge in [-0.2, -0.15) is 0 Å². The Bertz CT molecular complexity index is 385. The largest absolute Gasteiger partial charge is 0.497 e. The maximum Gasteiger partial charge on any atom is 0.118 e. The van der Waals surface area contributed by atoms with Crippen molar-refractivity contribution < 1.29 is 4.74 Å². The van der Waals surface area contributed by atoms with E-state index in [0.717, 1.165) is 18.8 Å². The number of hydrogen-bond donors (Lipinski definition) is 1. The number of methoxy groups -OCH3 is 1. The Hall–Kier alpha value is -1.10. The summed E-state index contributed by atoms with van der Waals surface area (Å²) in [6, 6.07) is 8.86. The van der Waals surface area contributed by atoms with E-state index in [1.807, 2.05) is 12.1 Å². The number of rotatable bonds is 6. The van der Waals surface area contributed by atoms with Gasteiger partial charge in [0, 0.05) is 45.3 Å². The molecule has 1 aromatic rings. The monoisotopic (exact) mass is 277 g/mol. The van der Waals surface area contributed by atoms with Gasteiger partial charge in [-0.25, -0.2) is 0 Å². The van der Waals surface area contributed by atoms with Crippen molar-refractivity contribution in [3.8, 4) is 5.75 Å². The second-order valence-electron chi connectivity index (χ2n) is 5.67. The molecule has 4 nitrogen and oxygen atoms in total. The summed E-state index contributed by atoms with van der Waals surface area (Å²) in [4.78, 5) is 4.97. The minimum Gasteiger partial charge on any atom is -0.497 e. The van der Waals surface area contributed by atoms with Crippen LogP contribution in [0.15, 0.2) is 24.3 Å². The van der Waals surface area contributed by atoms with E-state index in [9.17, 15) is 0 Å². The van der Waals surface area contributed by atoms with Crippen LogP contribution in [0.25, 0.3) is 0 Å². The maximum absolute atomic E-state index is 5.17. The molecule has 1 saturated heterocycles. The molecule has 1 aliphatic rings. The molecular formula is C16H27N3O. The zero-order chi connectivity index (χ0) is 14.4. The van der Waals surface area contributed by atoms with Crippen molar-refractivity contribution in [2.75, 3.05) is 46.9 Å². The molecule has 0 bridgehead atoms. The fourth-order valence-electron chi connectivity index (χ4n) is 2.56. The van der Waals surface area contributed by atoms with Gasteiger partial charge in [-0.15, -0.1) is 0 Å². The van der Waals surface area contributed by atoms with E-state index >= 15 is 0 Å². The normalized spacial score (nSPS) is 18.9. The fourth-order valence-corrected chi connectivity index (χ4v) is 2.56. The molecule has 0 radical (unpaired) electrons. The number of hydrogen-bond acceptors (Lipinski definition) is 4. The average molecular weight is 277 g/mol. The highest BCUT2D eigenvalue weighted by Crippen LogP contribution is 2.11. The third-order valence-corrected chi connectivity index (χ3v) is 4.09. The second-order valence-corrected chi connectivity index (χ2v) is 5.67. The summed E-state index contributed by atoms with van der Waals surface area (Å²) in [5, 5.41) is 3.55. The molecule has 1 aliphatic heterocycles. The zero-order valence-electron chi connectivity index (χ0n) is 12.9. The first-order valence-corrected chi connectivity index (χ1v) is 7.45. The predicted octanol–water partition coefficient (Wildman–Crippen LogP) is 1.42. The van der Waals surface area contributed by atoms with Crippen molar-refractivity contribution in [3.63, 3.8) is 0 Å². The van der Waals surface area contributed by atoms with Gasteiger partial charge in [0.25, 0.3) is 0 Å². The SMILES string of the molecule is COc1ccc(CNCC(C)N2CCN(C)CC2)cc1. The number of nitrogens with one attached hydrogen (secondary N) is 1. The Kier molecular flexibility index (Phi) is 5.83. The van der Waals surface area contributed by atoms with Crippen molar-refractivity contribution in [1.29, 1.82) is 0 Å². The molecule has 0 amide bonds. The Morgan fingerprint density at radius 1 is 1.15 bits per heavy atom. The Balaban J connectivity index is 1.69. The standard InChI is InChI=1S/C16H27N3O/c1-14(19-10-8-18(2)9-11-19)12-17-13-15-4-6-16(20-3)7-5-15/h4-7,14,17H,8-13H2,1-3H3. The van der Waals surface area contributed by atoms with Crippen molar-refractivity contribution >= 4 is 0 Å². The van der Waals surface area contributed by atoms with Gasteiger partial charge in [0.2, 0.25) is 0 Å². The lowest BCUT2D eigenvalue weighted by molar-refractivity contribution is 0.118. The maximum atomic E-state index is 5.17. The molecule has 0 aliphatic carbocycles. The molecule has 1 heterocycles. The van der Waals surface area contributed by atoms with Crippen LogP contribution in [0.1, 0.15) is 12.5 Å². The number of nitrogens with zero attached hydrogens (tertiary/aromatic N) is 2. The van der Waals surface area contributed by atoms with Crippen LogP contribution in [-0.2, 0) is 6.54 Å². The van der Waals surface area contributed by atoms with E-state index in [1.54, 1.807) is 7.11 Å². The lowest BCUT2D eigenvalue weighted by Crippen LogP contribution is -2.50. The van der Waals surface area contributed by atoms with Crippen LogP contribution in [0.3, 0.4) is 0 Å². The minimum absolute atomic E-state index is 0.599. The summed E-state index contributed by atoms with van der Waals surface area (Å²) in [5.74, 6) is 0.916. The number of benzene rings is 1. The predicted molar refractivity (Wildman–Crippen MR) is 83.2 cm³/mol. The smallest absolute Gasteiger partial charge is 0.118 e. The molecule has 1 fully saturated rings. The third-order valence-electron chi connectivity index (χ3n) is 4.09. The summed E-state index contributed by atoms with van der Waals surface area (Å²) in [5.41, 5.74) is 1.30. The van der Waals surface area contributed by atoms with E-state index in [1.165, 1.54) is 31.7 Å². The van der Waals surface area contributed by atoms with Gasteiger partial charge >= 0.3 is 0 Å². The molecule has 1 unspecified atom stereocenters. The molecule has 1 atom stereocenters. The molecule has 0 saturated carbocycles. The highest BCUT2D eigenvalue weighted by Gasteiger charge is 2.18. The van der Waals surface area contributed by atoms with Crippen molar-refractivity contribution in [3.05, 3.63) is 29.8 Å². The Morgan fingerprint density at radius 2 is 1.80 bits per heavy atom. The molecule has 1 N–H and O–H groups in total. The third kappa shape index (κ3) is 4.47. The van der Waals surface area contributed by atoms with Crippen LogP contribution >= 0.6 is 0 Å². The first-order valence-electron chi connectivity index (χ1n) is 7.45. The van der Waals surface area contributed by atoms with Crippen LogP contribution in [0, 0.1) is 0 Å². The van der Waals surface area contributed by atoms with Crippen LogP contribution < -0.4 is 10.1 Å². The molecular weight excluding hydrogens is 250 g/mol. The molecule has 0 aromatic heterocycles. The van der Waals surface area contributed by atoms with Crippen molar-refractivity contribution in [2.24, 2.45) is 0 Å². The summed E-state index contributed by atoms with van der Waals surface area (Å²) in [6.45, 7) is 9.00. The van der Waals surface area contributed by atoms with Gasteiger partial charge in [0.15, 0.2) is 0 Å². The molecule has 1 aromatic carbocycles. The number of piperazine rings is 1. The minimum atomic E-state index is 0.599. The van der Waals surface area contributed by atoms with E-state index in [2.05, 4.69) is 41.2 Å². The summed E-state index contributed by atoms with van der Waals surface area (Å²) >= 11 is 0. The van der Waals surface area contributed by atoms with Crippen molar-refractivity contribution in [2.45, 2.75) is 19.5 Å². The Morgan fingerprint density at radius 3 is 2.40 bits per heavy atom. The summed E-state index contributed by atoms with van der Waals surface area (Å²) in [6.07, 6.45) is 0. The topological polar surface area (TPSA) is 27.7 Å². The quantitative estimate of drug-likeness (QED) is 0.851. The van der Waals surface area contributed by atoms with Gasteiger partial charge in [0.1, 0.15) is 5.75 Å². The second kappa shape index (κ2) is 7.62. The average Bonchev–Trinajstić information content (AvgIpc) is 2.48. The molecule has 112 valence electrons. The van der Waals surface area contributed by atoms with E-state index < -0.39 is 0 Å². The molecule has 2 rings (SSSR count). The highest BCUT2D eigenvalue weighted by atomic mass is 16.5. The van der Waals surface area contributed by atoms with Crippen molar-refractivity contribution in [1.82, 2.24) is 15.1 Å². The number of likely N-dealkylation sites (N-methyl/N-ethyl adjacent to an activating group) is 1. The number of ether oxygens (including phenoxy) is 1. The first-order chi connectivity index (χ1) is 9.69. The van der Waals surface area contributed by atoms with Gasteiger partial charge in [-0.1, -0.05) is 12.1 Å². The van der Waals surface area contributed by atoms with Gasteiger partial charge in [-0.3, -0.25) is 4.90 Å². The van der Waals surface area contributed by atoms with Gasteiger partial charge < -0.3 is 15.0 Å². The summed E-state index contributed by atoms with van der Waals surface area (Å²) < 4.78 is 5.17. The Labute approximate surface area is 122 Å².